The van der Waals surface area contributed by atoms with Gasteiger partial charge in [0, 0.05) is 23.7 Å². The molecule has 0 aliphatic heterocycles. The Kier molecular flexibility index (Phi) is 5.08. The average Bonchev–Trinajstić information content (AvgIpc) is 2.75. The van der Waals surface area contributed by atoms with Crippen LogP contribution in [0.1, 0.15) is 44.2 Å². The van der Waals surface area contributed by atoms with Gasteiger partial charge in [-0.1, -0.05) is 36.6 Å². The fourth-order valence-electron chi connectivity index (χ4n) is 3.40. The van der Waals surface area contributed by atoms with Crippen LogP contribution in [0.25, 0.3) is 0 Å². The molecule has 0 spiro atoms. The molecule has 4 heteroatoms. The van der Waals surface area contributed by atoms with Crippen LogP contribution in [0, 0.1) is 0 Å². The molecule has 2 rings (SSSR count). The van der Waals surface area contributed by atoms with Gasteiger partial charge in [0.05, 0.1) is 5.60 Å². The smallest absolute Gasteiger partial charge is 0.0774 e. The van der Waals surface area contributed by atoms with Gasteiger partial charge in [0.1, 0.15) is 0 Å². The fraction of sp³-hybridized carbons (Fsp3) is 0.625. The number of aliphatic hydroxyl groups is 1. The summed E-state index contributed by atoms with van der Waals surface area (Å²) in [7, 11) is 2.03. The van der Waals surface area contributed by atoms with Gasteiger partial charge < -0.3 is 10.8 Å². The monoisotopic (exact) mass is 296 g/mol. The van der Waals surface area contributed by atoms with Gasteiger partial charge in [-0.25, -0.2) is 0 Å². The van der Waals surface area contributed by atoms with Gasteiger partial charge in [0.2, 0.25) is 0 Å². The number of rotatable bonds is 5. The van der Waals surface area contributed by atoms with E-state index in [0.717, 1.165) is 36.3 Å². The lowest BCUT2D eigenvalue weighted by molar-refractivity contribution is 0.00254. The van der Waals surface area contributed by atoms with Crippen LogP contribution >= 0.6 is 11.6 Å². The van der Waals surface area contributed by atoms with Crippen molar-refractivity contribution in [2.45, 2.75) is 50.3 Å². The Bertz CT molecular complexity index is 444. The van der Waals surface area contributed by atoms with Crippen molar-refractivity contribution in [2.24, 2.45) is 5.73 Å². The zero-order valence-corrected chi connectivity index (χ0v) is 13.1. The first kappa shape index (κ1) is 15.8. The van der Waals surface area contributed by atoms with Crippen molar-refractivity contribution in [3.63, 3.8) is 0 Å². The molecule has 0 heterocycles. The van der Waals surface area contributed by atoms with E-state index in [4.69, 9.17) is 17.3 Å². The third-order valence-corrected chi connectivity index (χ3v) is 4.48. The molecule has 1 aromatic rings. The van der Waals surface area contributed by atoms with Crippen molar-refractivity contribution in [2.75, 3.05) is 13.6 Å². The van der Waals surface area contributed by atoms with E-state index >= 15 is 0 Å². The zero-order valence-electron chi connectivity index (χ0n) is 12.3. The summed E-state index contributed by atoms with van der Waals surface area (Å²) in [6.07, 6.45) is 4.01. The predicted molar refractivity (Wildman–Crippen MR) is 83.9 cm³/mol. The first-order chi connectivity index (χ1) is 9.41. The van der Waals surface area contributed by atoms with Gasteiger partial charge in [-0.3, -0.25) is 4.90 Å². The van der Waals surface area contributed by atoms with Crippen LogP contribution in [0.3, 0.4) is 0 Å². The van der Waals surface area contributed by atoms with Crippen molar-refractivity contribution >= 4 is 11.6 Å². The first-order valence-electron chi connectivity index (χ1n) is 7.35. The topological polar surface area (TPSA) is 49.5 Å². The van der Waals surface area contributed by atoms with Crippen LogP contribution < -0.4 is 5.73 Å². The number of halogens is 1. The Labute approximate surface area is 126 Å². The Hall–Kier alpha value is -0.610. The van der Waals surface area contributed by atoms with Crippen LogP contribution in [-0.4, -0.2) is 35.2 Å². The zero-order chi connectivity index (χ0) is 14.8. The molecule has 0 bridgehead atoms. The summed E-state index contributed by atoms with van der Waals surface area (Å²) in [5.74, 6) is 0. The van der Waals surface area contributed by atoms with E-state index in [1.807, 2.05) is 32.2 Å². The molecule has 0 amide bonds. The van der Waals surface area contributed by atoms with Gasteiger partial charge in [0.15, 0.2) is 0 Å². The van der Waals surface area contributed by atoms with Gasteiger partial charge in [0.25, 0.3) is 0 Å². The molecule has 20 heavy (non-hydrogen) atoms. The Morgan fingerprint density at radius 2 is 2.05 bits per heavy atom. The number of hydrogen-bond acceptors (Lipinski definition) is 3. The molecule has 2 unspecified atom stereocenters. The highest BCUT2D eigenvalue weighted by Gasteiger charge is 2.34. The fourth-order valence-corrected chi connectivity index (χ4v) is 3.60. The maximum Gasteiger partial charge on any atom is 0.0774 e. The lowest BCUT2D eigenvalue weighted by Crippen LogP contribution is -2.45. The second-order valence-corrected chi connectivity index (χ2v) is 6.64. The van der Waals surface area contributed by atoms with Crippen molar-refractivity contribution in [3.8, 4) is 0 Å². The largest absolute Gasteiger partial charge is 0.389 e. The van der Waals surface area contributed by atoms with Crippen molar-refractivity contribution in [3.05, 3.63) is 34.9 Å². The Morgan fingerprint density at radius 1 is 1.40 bits per heavy atom. The SMILES string of the molecule is CC(N)C(c1cccc(Cl)c1)N(C)CC1(O)CCCC1. The van der Waals surface area contributed by atoms with Crippen LogP contribution in [-0.2, 0) is 0 Å². The molecule has 1 aromatic carbocycles. The molecule has 3 N–H and O–H groups in total. The minimum Gasteiger partial charge on any atom is -0.389 e. The van der Waals surface area contributed by atoms with E-state index < -0.39 is 5.60 Å². The van der Waals surface area contributed by atoms with Gasteiger partial charge in [-0.15, -0.1) is 0 Å². The highest BCUT2D eigenvalue weighted by atomic mass is 35.5. The summed E-state index contributed by atoms with van der Waals surface area (Å²) in [6, 6.07) is 7.88. The van der Waals surface area contributed by atoms with Crippen molar-refractivity contribution < 1.29 is 5.11 Å². The number of benzene rings is 1. The summed E-state index contributed by atoms with van der Waals surface area (Å²) < 4.78 is 0. The van der Waals surface area contributed by atoms with Crippen LogP contribution in [0.4, 0.5) is 0 Å². The summed E-state index contributed by atoms with van der Waals surface area (Å²) in [6.45, 7) is 2.66. The number of likely N-dealkylation sites (N-methyl/N-ethyl adjacent to an activating group) is 1. The van der Waals surface area contributed by atoms with Gasteiger partial charge in [-0.05, 0) is 44.5 Å². The molecule has 1 saturated carbocycles. The first-order valence-corrected chi connectivity index (χ1v) is 7.73. The van der Waals surface area contributed by atoms with Crippen LogP contribution in [0.5, 0.6) is 0 Å². The van der Waals surface area contributed by atoms with E-state index in [9.17, 15) is 5.11 Å². The molecular formula is C16H25ClN2O. The van der Waals surface area contributed by atoms with Crippen molar-refractivity contribution in [1.82, 2.24) is 4.90 Å². The maximum atomic E-state index is 10.6. The van der Waals surface area contributed by atoms with E-state index in [2.05, 4.69) is 11.0 Å². The molecule has 112 valence electrons. The lowest BCUT2D eigenvalue weighted by atomic mass is 9.96. The number of nitrogens with zero attached hydrogens (tertiary/aromatic N) is 1. The van der Waals surface area contributed by atoms with Crippen LogP contribution in [0.15, 0.2) is 24.3 Å². The molecule has 1 aliphatic carbocycles. The van der Waals surface area contributed by atoms with Crippen molar-refractivity contribution in [1.29, 1.82) is 0 Å². The lowest BCUT2D eigenvalue weighted by Gasteiger charge is -2.36. The standard InChI is InChI=1S/C16H25ClN2O/c1-12(18)15(13-6-5-7-14(17)10-13)19(2)11-16(20)8-3-4-9-16/h5-7,10,12,15,20H,3-4,8-9,11,18H2,1-2H3. The molecule has 2 atom stereocenters. The van der Waals surface area contributed by atoms with Gasteiger partial charge in [-0.2, -0.15) is 0 Å². The summed E-state index contributed by atoms with van der Waals surface area (Å²) in [4.78, 5) is 2.17. The third-order valence-electron chi connectivity index (χ3n) is 4.24. The van der Waals surface area contributed by atoms with Crippen LogP contribution in [0.2, 0.25) is 5.02 Å². The third kappa shape index (κ3) is 3.73. The van der Waals surface area contributed by atoms with E-state index in [-0.39, 0.29) is 12.1 Å². The Balaban J connectivity index is 2.16. The highest BCUT2D eigenvalue weighted by Crippen LogP contribution is 2.33. The molecule has 1 fully saturated rings. The normalized spacial score (nSPS) is 21.1. The molecule has 3 nitrogen and oxygen atoms in total. The summed E-state index contributed by atoms with van der Waals surface area (Å²) >= 11 is 6.09. The second-order valence-electron chi connectivity index (χ2n) is 6.21. The van der Waals surface area contributed by atoms with E-state index in [0.29, 0.717) is 6.54 Å². The predicted octanol–water partition coefficient (Wildman–Crippen LogP) is 2.97. The molecule has 0 saturated heterocycles. The maximum absolute atomic E-state index is 10.6. The summed E-state index contributed by atoms with van der Waals surface area (Å²) in [5.41, 5.74) is 6.72. The highest BCUT2D eigenvalue weighted by molar-refractivity contribution is 6.30. The average molecular weight is 297 g/mol. The second kappa shape index (κ2) is 6.44. The molecule has 1 aliphatic rings. The number of hydrogen-bond donors (Lipinski definition) is 2. The minimum absolute atomic E-state index is 0.0246. The quantitative estimate of drug-likeness (QED) is 0.878. The molecule has 0 aromatic heterocycles. The summed E-state index contributed by atoms with van der Waals surface area (Å²) in [5, 5.41) is 11.3. The molecule has 0 radical (unpaired) electrons. The Morgan fingerprint density at radius 3 is 2.60 bits per heavy atom. The van der Waals surface area contributed by atoms with Gasteiger partial charge >= 0.3 is 0 Å². The van der Waals surface area contributed by atoms with E-state index in [1.165, 1.54) is 0 Å². The van der Waals surface area contributed by atoms with E-state index in [1.54, 1.807) is 0 Å². The minimum atomic E-state index is -0.555. The molecular weight excluding hydrogens is 272 g/mol. The number of nitrogens with two attached hydrogens (primary N) is 1.